The van der Waals surface area contributed by atoms with E-state index >= 15 is 0 Å². The summed E-state index contributed by atoms with van der Waals surface area (Å²) in [7, 11) is 0. The summed E-state index contributed by atoms with van der Waals surface area (Å²) in [5.74, 6) is 0.431. The number of hydrogen-bond acceptors (Lipinski definition) is 4. The third kappa shape index (κ3) is 1.78. The van der Waals surface area contributed by atoms with Gasteiger partial charge in [0.2, 0.25) is 5.95 Å². The molecule has 5 heteroatoms. The zero-order valence-electron chi connectivity index (χ0n) is 9.54. The summed E-state index contributed by atoms with van der Waals surface area (Å²) >= 11 is 1.44. The van der Waals surface area contributed by atoms with E-state index < -0.39 is 0 Å². The number of Topliss-reactive ketones (excluding diaryl/α,β-unsaturated/α-hetero) is 1. The topological polar surface area (TPSA) is 60.9 Å². The van der Waals surface area contributed by atoms with Crippen LogP contribution in [0.1, 0.15) is 9.67 Å². The summed E-state index contributed by atoms with van der Waals surface area (Å²) in [6, 6.07) is 11.3. The Morgan fingerprint density at radius 2 is 2.11 bits per heavy atom. The molecule has 0 spiro atoms. The van der Waals surface area contributed by atoms with Gasteiger partial charge in [0, 0.05) is 0 Å². The molecule has 3 aromatic rings. The largest absolute Gasteiger partial charge is 0.369 e. The van der Waals surface area contributed by atoms with Crippen LogP contribution in [0.2, 0.25) is 0 Å². The maximum absolute atomic E-state index is 12.1. The Kier molecular flexibility index (Phi) is 2.60. The molecule has 0 unspecified atom stereocenters. The number of fused-ring (bicyclic) bond motifs is 1. The Morgan fingerprint density at radius 1 is 1.28 bits per heavy atom. The number of benzene rings is 1. The second-order valence-corrected chi connectivity index (χ2v) is 4.89. The molecule has 2 N–H and O–H groups in total. The van der Waals surface area contributed by atoms with Crippen LogP contribution in [0.25, 0.3) is 11.0 Å². The average Bonchev–Trinajstić information content (AvgIpc) is 2.98. The van der Waals surface area contributed by atoms with Gasteiger partial charge in [-0.1, -0.05) is 18.2 Å². The number of rotatable bonds is 3. The van der Waals surface area contributed by atoms with Gasteiger partial charge in [0.25, 0.3) is 0 Å². The van der Waals surface area contributed by atoms with Crippen LogP contribution < -0.4 is 5.73 Å². The van der Waals surface area contributed by atoms with Crippen molar-refractivity contribution in [2.75, 3.05) is 5.73 Å². The van der Waals surface area contributed by atoms with Crippen molar-refractivity contribution in [3.63, 3.8) is 0 Å². The van der Waals surface area contributed by atoms with Gasteiger partial charge in [-0.3, -0.25) is 4.79 Å². The van der Waals surface area contributed by atoms with Crippen LogP contribution in [0, 0.1) is 0 Å². The Labute approximate surface area is 108 Å². The fourth-order valence-corrected chi connectivity index (χ4v) is 2.58. The van der Waals surface area contributed by atoms with Crippen molar-refractivity contribution in [2.45, 2.75) is 6.54 Å². The van der Waals surface area contributed by atoms with Crippen molar-refractivity contribution >= 4 is 34.1 Å². The van der Waals surface area contributed by atoms with Gasteiger partial charge in [-0.15, -0.1) is 11.3 Å². The van der Waals surface area contributed by atoms with Crippen LogP contribution in [0.15, 0.2) is 41.8 Å². The van der Waals surface area contributed by atoms with E-state index in [1.165, 1.54) is 11.3 Å². The highest BCUT2D eigenvalue weighted by atomic mass is 32.1. The molecule has 0 radical (unpaired) electrons. The Hall–Kier alpha value is -2.14. The maximum atomic E-state index is 12.1. The maximum Gasteiger partial charge on any atom is 0.201 e. The number of para-hydroxylation sites is 2. The molecule has 1 aromatic carbocycles. The number of imidazole rings is 1. The fourth-order valence-electron chi connectivity index (χ4n) is 1.92. The minimum atomic E-state index is 0.0554. The highest BCUT2D eigenvalue weighted by Crippen LogP contribution is 2.19. The number of ketones is 1. The number of nitrogens with zero attached hydrogens (tertiary/aromatic N) is 2. The molecule has 0 aliphatic rings. The molecule has 0 amide bonds. The lowest BCUT2D eigenvalue weighted by Gasteiger charge is -2.04. The lowest BCUT2D eigenvalue weighted by molar-refractivity contribution is 0.0978. The van der Waals surface area contributed by atoms with Crippen LogP contribution in [0.4, 0.5) is 5.95 Å². The Bertz CT molecular complexity index is 700. The molecule has 2 heterocycles. The number of hydrogen-bond donors (Lipinski definition) is 1. The van der Waals surface area contributed by atoms with Crippen LogP contribution >= 0.6 is 11.3 Å². The summed E-state index contributed by atoms with van der Waals surface area (Å²) in [6.07, 6.45) is 0. The number of aromatic nitrogens is 2. The molecule has 0 saturated heterocycles. The molecule has 3 rings (SSSR count). The molecular formula is C13H11N3OS. The van der Waals surface area contributed by atoms with Crippen molar-refractivity contribution in [1.29, 1.82) is 0 Å². The molecular weight excluding hydrogens is 246 g/mol. The zero-order valence-corrected chi connectivity index (χ0v) is 10.4. The minimum Gasteiger partial charge on any atom is -0.369 e. The van der Waals surface area contributed by atoms with E-state index in [1.807, 2.05) is 41.8 Å². The number of anilines is 1. The van der Waals surface area contributed by atoms with Crippen molar-refractivity contribution < 1.29 is 4.79 Å². The highest BCUT2D eigenvalue weighted by Gasteiger charge is 2.13. The van der Waals surface area contributed by atoms with E-state index in [0.717, 1.165) is 15.9 Å². The van der Waals surface area contributed by atoms with Gasteiger partial charge >= 0.3 is 0 Å². The molecule has 90 valence electrons. The number of nitrogens with two attached hydrogens (primary N) is 1. The van der Waals surface area contributed by atoms with E-state index in [0.29, 0.717) is 5.95 Å². The van der Waals surface area contributed by atoms with Crippen molar-refractivity contribution in [3.05, 3.63) is 46.7 Å². The van der Waals surface area contributed by atoms with Crippen LogP contribution in [-0.2, 0) is 6.54 Å². The average molecular weight is 257 g/mol. The van der Waals surface area contributed by atoms with Gasteiger partial charge in [-0.05, 0) is 23.6 Å². The number of carbonyl (C=O) groups excluding carboxylic acids is 1. The van der Waals surface area contributed by atoms with Crippen molar-refractivity contribution in [2.24, 2.45) is 0 Å². The molecule has 0 fully saturated rings. The Balaban J connectivity index is 2.00. The standard InChI is InChI=1S/C13H11N3OS/c14-13-15-9-4-1-2-5-10(9)16(13)8-11(17)12-6-3-7-18-12/h1-7H,8H2,(H2,14,15). The molecule has 0 saturated carbocycles. The number of thiophene rings is 1. The van der Waals surface area contributed by atoms with Gasteiger partial charge in [-0.25, -0.2) is 4.98 Å². The summed E-state index contributed by atoms with van der Waals surface area (Å²) in [5, 5.41) is 1.89. The van der Waals surface area contributed by atoms with Crippen LogP contribution in [0.5, 0.6) is 0 Å². The molecule has 2 aromatic heterocycles. The van der Waals surface area contributed by atoms with Crippen molar-refractivity contribution in [3.8, 4) is 0 Å². The molecule has 0 bridgehead atoms. The van der Waals surface area contributed by atoms with Crippen LogP contribution in [0.3, 0.4) is 0 Å². The van der Waals surface area contributed by atoms with Gasteiger partial charge in [-0.2, -0.15) is 0 Å². The van der Waals surface area contributed by atoms with Gasteiger partial charge in [0.1, 0.15) is 0 Å². The summed E-state index contributed by atoms with van der Waals surface area (Å²) in [4.78, 5) is 17.1. The first-order chi connectivity index (χ1) is 8.75. The highest BCUT2D eigenvalue weighted by molar-refractivity contribution is 7.12. The zero-order chi connectivity index (χ0) is 12.5. The third-order valence-electron chi connectivity index (χ3n) is 2.78. The lowest BCUT2D eigenvalue weighted by atomic mass is 10.3. The predicted molar refractivity (Wildman–Crippen MR) is 72.8 cm³/mol. The second-order valence-electron chi connectivity index (χ2n) is 3.95. The fraction of sp³-hybridized carbons (Fsp3) is 0.0769. The van der Waals surface area contributed by atoms with Gasteiger partial charge in [0.05, 0.1) is 22.5 Å². The Morgan fingerprint density at radius 3 is 2.89 bits per heavy atom. The predicted octanol–water partition coefficient (Wildman–Crippen LogP) is 2.56. The summed E-state index contributed by atoms with van der Waals surface area (Å²) < 4.78 is 1.75. The normalized spacial score (nSPS) is 10.9. The first-order valence-electron chi connectivity index (χ1n) is 5.53. The van der Waals surface area contributed by atoms with Gasteiger partial charge < -0.3 is 10.3 Å². The molecule has 4 nitrogen and oxygen atoms in total. The van der Waals surface area contributed by atoms with Gasteiger partial charge in [0.15, 0.2) is 5.78 Å². The number of nitrogen functional groups attached to an aromatic ring is 1. The molecule has 18 heavy (non-hydrogen) atoms. The van der Waals surface area contributed by atoms with Crippen molar-refractivity contribution in [1.82, 2.24) is 9.55 Å². The van der Waals surface area contributed by atoms with E-state index in [9.17, 15) is 4.79 Å². The van der Waals surface area contributed by atoms with E-state index in [-0.39, 0.29) is 12.3 Å². The molecule has 0 aliphatic heterocycles. The monoisotopic (exact) mass is 257 g/mol. The first kappa shape index (κ1) is 11.0. The molecule has 0 aliphatic carbocycles. The SMILES string of the molecule is Nc1nc2ccccc2n1CC(=O)c1cccs1. The lowest BCUT2D eigenvalue weighted by Crippen LogP contribution is -2.11. The quantitative estimate of drug-likeness (QED) is 0.733. The molecule has 0 atom stereocenters. The van der Waals surface area contributed by atoms with Crippen LogP contribution in [-0.4, -0.2) is 15.3 Å². The van der Waals surface area contributed by atoms with E-state index in [2.05, 4.69) is 4.98 Å². The van der Waals surface area contributed by atoms with E-state index in [1.54, 1.807) is 4.57 Å². The summed E-state index contributed by atoms with van der Waals surface area (Å²) in [6.45, 7) is 0.229. The van der Waals surface area contributed by atoms with E-state index in [4.69, 9.17) is 5.73 Å². The second kappa shape index (κ2) is 4.27. The number of carbonyl (C=O) groups is 1. The summed E-state index contributed by atoms with van der Waals surface area (Å²) in [5.41, 5.74) is 7.56. The smallest absolute Gasteiger partial charge is 0.201 e. The first-order valence-corrected chi connectivity index (χ1v) is 6.41. The third-order valence-corrected chi connectivity index (χ3v) is 3.69. The minimum absolute atomic E-state index is 0.0554.